The van der Waals surface area contributed by atoms with E-state index in [0.29, 0.717) is 27.8 Å². The van der Waals surface area contributed by atoms with Crippen LogP contribution in [0.4, 0.5) is 5.69 Å². The van der Waals surface area contributed by atoms with Crippen molar-refractivity contribution in [1.82, 2.24) is 14.8 Å². The number of H-pyrrole nitrogens is 1. The molecule has 0 aliphatic carbocycles. The number of hydrogen-bond donors (Lipinski definition) is 3. The Kier molecular flexibility index (Phi) is 4.14. The molecule has 0 saturated carbocycles. The predicted molar refractivity (Wildman–Crippen MR) is 76.6 cm³/mol. The van der Waals surface area contributed by atoms with E-state index in [-0.39, 0.29) is 5.69 Å². The van der Waals surface area contributed by atoms with Crippen molar-refractivity contribution in [3.8, 4) is 0 Å². The number of aromatic amines is 1. The van der Waals surface area contributed by atoms with Gasteiger partial charge in [-0.25, -0.2) is 9.89 Å². The largest absolute Gasteiger partial charge is 0.398 e. The van der Waals surface area contributed by atoms with Crippen LogP contribution < -0.4 is 17.2 Å². The number of amides is 1. The zero-order chi connectivity index (χ0) is 14.7. The fourth-order valence-corrected chi connectivity index (χ4v) is 2.62. The van der Waals surface area contributed by atoms with E-state index in [9.17, 15) is 9.59 Å². The lowest BCUT2D eigenvalue weighted by Crippen LogP contribution is -2.17. The smallest absolute Gasteiger partial charge is 0.343 e. The van der Waals surface area contributed by atoms with E-state index in [1.807, 2.05) is 6.92 Å². The third-order valence-electron chi connectivity index (χ3n) is 2.67. The molecule has 20 heavy (non-hydrogen) atoms. The lowest BCUT2D eigenvalue weighted by atomic mass is 10.2. The van der Waals surface area contributed by atoms with Gasteiger partial charge in [-0.2, -0.15) is 0 Å². The number of benzene rings is 1. The van der Waals surface area contributed by atoms with Gasteiger partial charge in [0.05, 0.1) is 0 Å². The Bertz CT molecular complexity index is 691. The zero-order valence-electron chi connectivity index (χ0n) is 10.9. The molecule has 8 heteroatoms. The monoisotopic (exact) mass is 293 g/mol. The Hall–Kier alpha value is -2.22. The van der Waals surface area contributed by atoms with Crippen LogP contribution in [0.3, 0.4) is 0 Å². The summed E-state index contributed by atoms with van der Waals surface area (Å²) in [6.07, 6.45) is 0.809. The summed E-state index contributed by atoms with van der Waals surface area (Å²) in [5.74, 6) is -0.528. The van der Waals surface area contributed by atoms with E-state index in [4.69, 9.17) is 11.5 Å². The lowest BCUT2D eigenvalue weighted by molar-refractivity contribution is 0.1000. The van der Waals surface area contributed by atoms with Crippen LogP contribution in [0.25, 0.3) is 0 Å². The summed E-state index contributed by atoms with van der Waals surface area (Å²) < 4.78 is 1.53. The number of carbonyl (C=O) groups is 1. The number of nitrogens with one attached hydrogen (secondary N) is 1. The third kappa shape index (κ3) is 2.85. The molecule has 1 heterocycles. The second-order valence-electron chi connectivity index (χ2n) is 4.18. The number of nitrogens with zero attached hydrogens (tertiary/aromatic N) is 2. The van der Waals surface area contributed by atoms with Gasteiger partial charge in [0.25, 0.3) is 0 Å². The first-order valence-electron chi connectivity index (χ1n) is 6.05. The maximum Gasteiger partial charge on any atom is 0.343 e. The van der Waals surface area contributed by atoms with Crippen LogP contribution >= 0.6 is 11.8 Å². The van der Waals surface area contributed by atoms with Gasteiger partial charge in [0.1, 0.15) is 0 Å². The Balaban J connectivity index is 2.37. The highest BCUT2D eigenvalue weighted by molar-refractivity contribution is 7.99. The Morgan fingerprint density at radius 2 is 2.25 bits per heavy atom. The molecule has 0 saturated heterocycles. The molecule has 1 aromatic carbocycles. The third-order valence-corrected chi connectivity index (χ3v) is 3.74. The summed E-state index contributed by atoms with van der Waals surface area (Å²) in [6, 6.07) is 4.76. The molecule has 0 bridgehead atoms. The van der Waals surface area contributed by atoms with E-state index in [1.165, 1.54) is 16.3 Å². The Morgan fingerprint density at radius 1 is 1.50 bits per heavy atom. The second kappa shape index (κ2) is 5.83. The van der Waals surface area contributed by atoms with Crippen molar-refractivity contribution in [2.45, 2.75) is 29.9 Å². The van der Waals surface area contributed by atoms with Crippen LogP contribution in [0.5, 0.6) is 0 Å². The molecule has 0 aliphatic heterocycles. The Morgan fingerprint density at radius 3 is 2.90 bits per heavy atom. The summed E-state index contributed by atoms with van der Waals surface area (Å²) >= 11 is 1.22. The first kappa shape index (κ1) is 14.2. The van der Waals surface area contributed by atoms with Crippen molar-refractivity contribution in [1.29, 1.82) is 0 Å². The minimum Gasteiger partial charge on any atom is -0.398 e. The molecule has 1 aromatic heterocycles. The van der Waals surface area contributed by atoms with E-state index < -0.39 is 5.91 Å². The topological polar surface area (TPSA) is 120 Å². The van der Waals surface area contributed by atoms with Crippen molar-refractivity contribution < 1.29 is 4.79 Å². The summed E-state index contributed by atoms with van der Waals surface area (Å²) in [5, 5.41) is 6.87. The van der Waals surface area contributed by atoms with Gasteiger partial charge in [-0.15, -0.1) is 5.10 Å². The van der Waals surface area contributed by atoms with Gasteiger partial charge in [0.15, 0.2) is 5.16 Å². The number of hydrogen-bond acceptors (Lipinski definition) is 5. The van der Waals surface area contributed by atoms with Gasteiger partial charge < -0.3 is 11.5 Å². The molecule has 1 amide bonds. The average Bonchev–Trinajstić information content (AvgIpc) is 2.74. The molecule has 0 unspecified atom stereocenters. The molecular formula is C12H15N5O2S. The van der Waals surface area contributed by atoms with Gasteiger partial charge in [0.2, 0.25) is 5.91 Å². The maximum atomic E-state index is 11.6. The molecule has 0 fully saturated rings. The first-order valence-corrected chi connectivity index (χ1v) is 6.87. The van der Waals surface area contributed by atoms with Crippen LogP contribution in [0, 0.1) is 0 Å². The molecule has 2 aromatic rings. The second-order valence-corrected chi connectivity index (χ2v) is 5.19. The standard InChI is InChI=1S/C12H15N5O2S/c1-2-5-17-11(19)15-16-12(17)20-9-6-7(10(14)18)3-4-8(9)13/h3-4,6H,2,5,13H2,1H3,(H2,14,18)(H,15,19). The highest BCUT2D eigenvalue weighted by Crippen LogP contribution is 2.31. The van der Waals surface area contributed by atoms with E-state index in [0.717, 1.165) is 6.42 Å². The highest BCUT2D eigenvalue weighted by Gasteiger charge is 2.12. The fourth-order valence-electron chi connectivity index (χ4n) is 1.68. The quantitative estimate of drug-likeness (QED) is 0.705. The molecule has 2 rings (SSSR count). The number of primary amides is 1. The lowest BCUT2D eigenvalue weighted by Gasteiger charge is -2.07. The van der Waals surface area contributed by atoms with Crippen molar-refractivity contribution in [2.24, 2.45) is 5.73 Å². The molecule has 7 nitrogen and oxygen atoms in total. The Labute approximate surface area is 119 Å². The van der Waals surface area contributed by atoms with Crippen LogP contribution in [0.2, 0.25) is 0 Å². The number of aromatic nitrogens is 3. The molecule has 106 valence electrons. The van der Waals surface area contributed by atoms with Crippen molar-refractivity contribution in [2.75, 3.05) is 5.73 Å². The summed E-state index contributed by atoms with van der Waals surface area (Å²) in [6.45, 7) is 2.53. The first-order chi connectivity index (χ1) is 9.52. The van der Waals surface area contributed by atoms with Gasteiger partial charge in [0, 0.05) is 22.7 Å². The molecule has 0 spiro atoms. The predicted octanol–water partition coefficient (Wildman–Crippen LogP) is 0.814. The summed E-state index contributed by atoms with van der Waals surface area (Å²) in [4.78, 5) is 23.4. The van der Waals surface area contributed by atoms with Gasteiger partial charge in [-0.3, -0.25) is 9.36 Å². The van der Waals surface area contributed by atoms with E-state index in [1.54, 1.807) is 18.2 Å². The molecular weight excluding hydrogens is 278 g/mol. The van der Waals surface area contributed by atoms with Crippen molar-refractivity contribution >= 4 is 23.4 Å². The average molecular weight is 293 g/mol. The normalized spacial score (nSPS) is 10.7. The van der Waals surface area contributed by atoms with Gasteiger partial charge >= 0.3 is 5.69 Å². The number of anilines is 1. The van der Waals surface area contributed by atoms with E-state index >= 15 is 0 Å². The van der Waals surface area contributed by atoms with Crippen molar-refractivity contribution in [3.05, 3.63) is 34.2 Å². The number of rotatable bonds is 5. The molecule has 0 radical (unpaired) electrons. The van der Waals surface area contributed by atoms with Crippen molar-refractivity contribution in [3.63, 3.8) is 0 Å². The van der Waals surface area contributed by atoms with Gasteiger partial charge in [-0.05, 0) is 36.4 Å². The zero-order valence-corrected chi connectivity index (χ0v) is 11.7. The highest BCUT2D eigenvalue weighted by atomic mass is 32.2. The summed E-state index contributed by atoms with van der Waals surface area (Å²) in [7, 11) is 0. The van der Waals surface area contributed by atoms with Crippen LogP contribution in [0.1, 0.15) is 23.7 Å². The molecule has 5 N–H and O–H groups in total. The maximum absolute atomic E-state index is 11.6. The minimum atomic E-state index is -0.528. The number of carbonyl (C=O) groups excluding carboxylic acids is 1. The van der Waals surface area contributed by atoms with Crippen LogP contribution in [-0.2, 0) is 6.54 Å². The van der Waals surface area contributed by atoms with Crippen LogP contribution in [0.15, 0.2) is 33.0 Å². The SMILES string of the molecule is CCCn1c(Sc2cc(C(N)=O)ccc2N)n[nH]c1=O. The molecule has 0 atom stereocenters. The van der Waals surface area contributed by atoms with Crippen LogP contribution in [-0.4, -0.2) is 20.7 Å². The molecule has 0 aliphatic rings. The summed E-state index contributed by atoms with van der Waals surface area (Å²) in [5.41, 5.74) is 11.7. The minimum absolute atomic E-state index is 0.265. The number of nitrogen functional groups attached to an aromatic ring is 1. The fraction of sp³-hybridized carbons (Fsp3) is 0.250. The van der Waals surface area contributed by atoms with E-state index in [2.05, 4.69) is 10.2 Å². The number of nitrogens with two attached hydrogens (primary N) is 2. The van der Waals surface area contributed by atoms with Gasteiger partial charge in [-0.1, -0.05) is 6.92 Å².